The van der Waals surface area contributed by atoms with Crippen LogP contribution in [0, 0.1) is 5.41 Å². The Morgan fingerprint density at radius 3 is 2.17 bits per heavy atom. The Kier molecular flexibility index (Phi) is 15.9. The predicted molar refractivity (Wildman–Crippen MR) is 202 cm³/mol. The van der Waals surface area contributed by atoms with E-state index in [0.717, 1.165) is 18.4 Å². The summed E-state index contributed by atoms with van der Waals surface area (Å²) in [5, 5.41) is 10.5. The molecule has 1 aliphatic carbocycles. The van der Waals surface area contributed by atoms with E-state index in [1.807, 2.05) is 38.1 Å². The van der Waals surface area contributed by atoms with Gasteiger partial charge in [0.15, 0.2) is 7.37 Å². The minimum atomic E-state index is -3.10. The molecule has 0 aromatic heterocycles. The number of esters is 1. The van der Waals surface area contributed by atoms with Crippen molar-refractivity contribution in [2.24, 2.45) is 11.1 Å². The van der Waals surface area contributed by atoms with Gasteiger partial charge in [-0.25, -0.2) is 14.8 Å². The number of hydrogen-bond donors (Lipinski definition) is 3. The van der Waals surface area contributed by atoms with E-state index in [9.17, 15) is 28.5 Å². The van der Waals surface area contributed by atoms with Crippen molar-refractivity contribution in [3.63, 3.8) is 0 Å². The van der Waals surface area contributed by atoms with Gasteiger partial charge in [0.1, 0.15) is 11.1 Å². The summed E-state index contributed by atoms with van der Waals surface area (Å²) in [6, 6.07) is 11.2. The third-order valence-corrected chi connectivity index (χ3v) is 10.3. The summed E-state index contributed by atoms with van der Waals surface area (Å²) in [4.78, 5) is 74.3. The predicted octanol–water partition coefficient (Wildman–Crippen LogP) is 6.56. The Labute approximate surface area is 323 Å². The molecule has 2 aromatic rings. The molecular weight excluding hydrogens is 772 g/mol. The minimum absolute atomic E-state index is 0.00687. The topological polar surface area (TPSA) is 194 Å². The summed E-state index contributed by atoms with van der Waals surface area (Å²) in [6.07, 6.45) is 4.45. The molecule has 0 spiro atoms. The zero-order valence-electron chi connectivity index (χ0n) is 29.8. The van der Waals surface area contributed by atoms with E-state index in [1.165, 1.54) is 22.7 Å². The van der Waals surface area contributed by atoms with Crippen LogP contribution in [-0.4, -0.2) is 76.8 Å². The maximum Gasteiger partial charge on any atom is 0.349 e. The number of nitrogens with zero attached hydrogens (tertiary/aromatic N) is 2. The van der Waals surface area contributed by atoms with E-state index >= 15 is 0 Å². The van der Waals surface area contributed by atoms with Crippen molar-refractivity contribution in [1.29, 1.82) is 0 Å². The standard InChI is InChI=1S/C19H17Cl2NO4.C12H14ClNO2.C5H12NO4P/c1-2-26-19(25)16(21)10-11-9-12(7-8-15(11)20)22-17(23)13-5-3-4-6-14(13)18(22)24;1-12(2)8-16-14(11(12)15)7-9-5-3-4-6-10(9)13;1-11(9,10)3-2-4(6)5(7)8/h7-10H,2-6H2,1H3;3-6H,7-8H2,1-2H3;4H,2-3,6H2,1H3,(H,7,8)(H,9,10)/b16-10-;;. The van der Waals surface area contributed by atoms with Crippen LogP contribution < -0.4 is 10.6 Å². The number of carbonyl (C=O) groups excluding carboxylic acids is 4. The molecule has 1 fully saturated rings. The van der Waals surface area contributed by atoms with Gasteiger partial charge >= 0.3 is 11.9 Å². The van der Waals surface area contributed by atoms with Crippen molar-refractivity contribution in [2.75, 3.05) is 30.9 Å². The second-order valence-electron chi connectivity index (χ2n) is 13.1. The van der Waals surface area contributed by atoms with E-state index in [2.05, 4.69) is 0 Å². The Morgan fingerprint density at radius 1 is 1.06 bits per heavy atom. The number of carboxylic acids is 1. The second kappa shape index (κ2) is 19.2. The van der Waals surface area contributed by atoms with Gasteiger partial charge in [-0.3, -0.25) is 28.6 Å². The fourth-order valence-corrected chi connectivity index (χ4v) is 6.55. The lowest BCUT2D eigenvalue weighted by Gasteiger charge is -2.16. The van der Waals surface area contributed by atoms with Gasteiger partial charge in [-0.15, -0.1) is 0 Å². The van der Waals surface area contributed by atoms with Crippen LogP contribution in [0.1, 0.15) is 64.0 Å². The highest BCUT2D eigenvalue weighted by Gasteiger charge is 2.41. The molecule has 2 heterocycles. The number of amides is 3. The molecule has 2 atom stereocenters. The monoisotopic (exact) mass is 813 g/mol. The maximum atomic E-state index is 12.7. The average Bonchev–Trinajstić information content (AvgIpc) is 3.51. The maximum absolute atomic E-state index is 12.7. The molecule has 13 nitrogen and oxygen atoms in total. The van der Waals surface area contributed by atoms with Gasteiger partial charge in [-0.05, 0) is 94.3 Å². The van der Waals surface area contributed by atoms with Gasteiger partial charge in [-0.1, -0.05) is 53.0 Å². The number of benzene rings is 2. The molecule has 2 unspecified atom stereocenters. The van der Waals surface area contributed by atoms with E-state index in [0.29, 0.717) is 58.4 Å². The van der Waals surface area contributed by atoms with Crippen LogP contribution in [0.5, 0.6) is 0 Å². The summed E-state index contributed by atoms with van der Waals surface area (Å²) >= 11 is 18.2. The number of hydrogen-bond acceptors (Lipinski definition) is 9. The Bertz CT molecular complexity index is 1810. The SMILES string of the molecule is CC1(C)CON(Cc2ccccc2Cl)C1=O.CCOC(=O)/C(Cl)=C/c1cc(N2C(=O)C3=C(CCCC3)C2=O)ccc1Cl.CP(=O)(O)CCC(N)C(=O)O. The summed E-state index contributed by atoms with van der Waals surface area (Å²) in [5.41, 5.74) is 7.60. The minimum Gasteiger partial charge on any atom is -0.480 e. The van der Waals surface area contributed by atoms with Gasteiger partial charge in [0.05, 0.1) is 30.9 Å². The van der Waals surface area contributed by atoms with E-state index in [-0.39, 0.29) is 41.9 Å². The van der Waals surface area contributed by atoms with Gasteiger partial charge in [0.2, 0.25) is 0 Å². The largest absolute Gasteiger partial charge is 0.480 e. The van der Waals surface area contributed by atoms with Gasteiger partial charge in [0.25, 0.3) is 17.7 Å². The van der Waals surface area contributed by atoms with E-state index < -0.39 is 30.8 Å². The number of carboxylic acid groups (broad SMARTS) is 1. The third kappa shape index (κ3) is 12.2. The highest BCUT2D eigenvalue weighted by molar-refractivity contribution is 7.57. The van der Waals surface area contributed by atoms with Crippen LogP contribution in [0.2, 0.25) is 10.0 Å². The number of aliphatic carboxylic acids is 1. The third-order valence-electron chi connectivity index (χ3n) is 8.21. The Balaban J connectivity index is 0.000000239. The van der Waals surface area contributed by atoms with Crippen molar-refractivity contribution >= 4 is 83.6 Å². The molecule has 2 aliphatic heterocycles. The van der Waals surface area contributed by atoms with Crippen LogP contribution in [0.4, 0.5) is 5.69 Å². The normalized spacial score (nSPS) is 18.4. The summed E-state index contributed by atoms with van der Waals surface area (Å²) in [5.74, 6) is -2.36. The summed E-state index contributed by atoms with van der Waals surface area (Å²) < 4.78 is 15.5. The molecule has 1 saturated heterocycles. The molecule has 3 amide bonds. The summed E-state index contributed by atoms with van der Waals surface area (Å²) in [6.45, 7) is 7.64. The van der Waals surface area contributed by atoms with Crippen LogP contribution in [-0.2, 0) is 44.7 Å². The molecule has 0 radical (unpaired) electrons. The zero-order chi connectivity index (χ0) is 39.7. The van der Waals surface area contributed by atoms with E-state index in [4.69, 9.17) is 60.1 Å². The van der Waals surface area contributed by atoms with Gasteiger partial charge in [-0.2, -0.15) is 0 Å². The fourth-order valence-electron chi connectivity index (χ4n) is 5.25. The van der Waals surface area contributed by atoms with Crippen LogP contribution in [0.15, 0.2) is 58.6 Å². The van der Waals surface area contributed by atoms with Gasteiger partial charge < -0.3 is 20.5 Å². The first-order valence-electron chi connectivity index (χ1n) is 16.7. The molecule has 17 heteroatoms. The second-order valence-corrected chi connectivity index (χ2v) is 16.9. The van der Waals surface area contributed by atoms with Crippen LogP contribution in [0.25, 0.3) is 6.08 Å². The number of carbonyl (C=O) groups is 5. The number of ether oxygens (including phenoxy) is 1. The number of halogens is 3. The van der Waals surface area contributed by atoms with E-state index in [1.54, 1.807) is 25.1 Å². The van der Waals surface area contributed by atoms with Crippen molar-refractivity contribution in [3.8, 4) is 0 Å². The lowest BCUT2D eigenvalue weighted by molar-refractivity contribution is -0.165. The molecule has 2 aromatic carbocycles. The van der Waals surface area contributed by atoms with Crippen LogP contribution in [0.3, 0.4) is 0 Å². The quantitative estimate of drug-likeness (QED) is 0.102. The van der Waals surface area contributed by atoms with Crippen molar-refractivity contribution < 1.29 is 48.1 Å². The number of rotatable bonds is 10. The lowest BCUT2D eigenvalue weighted by atomic mass is 9.93. The van der Waals surface area contributed by atoms with Crippen molar-refractivity contribution in [3.05, 3.63) is 79.8 Å². The first kappa shape index (κ1) is 43.9. The Morgan fingerprint density at radius 2 is 1.66 bits per heavy atom. The van der Waals surface area contributed by atoms with Gasteiger partial charge in [0, 0.05) is 34.0 Å². The molecule has 0 bridgehead atoms. The molecule has 288 valence electrons. The molecule has 5 rings (SSSR count). The molecule has 0 saturated carbocycles. The van der Waals surface area contributed by atoms with Crippen molar-refractivity contribution in [1.82, 2.24) is 5.06 Å². The first-order valence-corrected chi connectivity index (χ1v) is 20.1. The summed E-state index contributed by atoms with van der Waals surface area (Å²) in [7, 11) is -3.10. The first-order chi connectivity index (χ1) is 24.8. The molecular formula is C36H43Cl3N3O10P. The number of hydroxylamine groups is 2. The number of imide groups is 1. The Hall–Kier alpha value is -3.55. The highest BCUT2D eigenvalue weighted by atomic mass is 35.5. The van der Waals surface area contributed by atoms with Crippen molar-refractivity contribution in [2.45, 2.75) is 65.5 Å². The molecule has 4 N–H and O–H groups in total. The number of nitrogens with two attached hydrogens (primary N) is 1. The highest BCUT2D eigenvalue weighted by Crippen LogP contribution is 2.37. The molecule has 53 heavy (non-hydrogen) atoms. The smallest absolute Gasteiger partial charge is 0.349 e. The zero-order valence-corrected chi connectivity index (χ0v) is 32.9. The average molecular weight is 815 g/mol. The molecule has 3 aliphatic rings. The van der Waals surface area contributed by atoms with Crippen LogP contribution >= 0.6 is 42.2 Å². The fraction of sp³-hybridized carbons (Fsp3) is 0.417. The lowest BCUT2D eigenvalue weighted by Crippen LogP contribution is -2.31. The number of anilines is 1.